The number of hydrogen-bond donors (Lipinski definition) is 1. The number of hydrogen-bond acceptors (Lipinski definition) is 5. The van der Waals surface area contributed by atoms with Crippen molar-refractivity contribution in [1.29, 1.82) is 0 Å². The molecule has 7 heteroatoms. The Bertz CT molecular complexity index is 1190. The molecule has 0 saturated heterocycles. The summed E-state index contributed by atoms with van der Waals surface area (Å²) in [4.78, 5) is 43.9. The fraction of sp³-hybridized carbons (Fsp3) is 0.300. The molecule has 6 nitrogen and oxygen atoms in total. The first-order valence-corrected chi connectivity index (χ1v) is 9.82. The summed E-state index contributed by atoms with van der Waals surface area (Å²) in [5.74, 6) is -0.506. The first-order chi connectivity index (χ1) is 13.0. The summed E-state index contributed by atoms with van der Waals surface area (Å²) in [6, 6.07) is 5.19. The number of carbonyl (C=O) groups is 2. The molecule has 0 unspecified atom stereocenters. The number of benzene rings is 1. The fourth-order valence-electron chi connectivity index (χ4n) is 3.97. The van der Waals surface area contributed by atoms with E-state index in [-0.39, 0.29) is 29.7 Å². The van der Waals surface area contributed by atoms with Crippen LogP contribution in [0.5, 0.6) is 0 Å². The van der Waals surface area contributed by atoms with E-state index >= 15 is 0 Å². The molecule has 5 rings (SSSR count). The van der Waals surface area contributed by atoms with E-state index in [1.54, 1.807) is 29.5 Å². The second-order valence-corrected chi connectivity index (χ2v) is 8.23. The third kappa shape index (κ3) is 2.45. The van der Waals surface area contributed by atoms with Gasteiger partial charge in [-0.2, -0.15) is 0 Å². The summed E-state index contributed by atoms with van der Waals surface area (Å²) in [5.41, 5.74) is 3.05. The molecule has 0 radical (unpaired) electrons. The van der Waals surface area contributed by atoms with Gasteiger partial charge in [-0.25, -0.2) is 4.98 Å². The monoisotopic (exact) mass is 379 g/mol. The highest BCUT2D eigenvalue weighted by atomic mass is 32.1. The Morgan fingerprint density at radius 2 is 2.19 bits per heavy atom. The highest BCUT2D eigenvalue weighted by molar-refractivity contribution is 7.18. The van der Waals surface area contributed by atoms with Gasteiger partial charge in [0.1, 0.15) is 4.83 Å². The van der Waals surface area contributed by atoms with Crippen molar-refractivity contribution in [1.82, 2.24) is 9.55 Å². The number of fused-ring (bicyclic) bond motifs is 4. The summed E-state index contributed by atoms with van der Waals surface area (Å²) >= 11 is 1.59. The van der Waals surface area contributed by atoms with Crippen molar-refractivity contribution < 1.29 is 9.59 Å². The third-order valence-electron chi connectivity index (χ3n) is 5.50. The molecule has 2 aromatic heterocycles. The summed E-state index contributed by atoms with van der Waals surface area (Å²) < 4.78 is 1.40. The van der Waals surface area contributed by atoms with Crippen LogP contribution in [0.4, 0.5) is 5.69 Å². The molecule has 0 saturated carbocycles. The van der Waals surface area contributed by atoms with Crippen LogP contribution in [0.25, 0.3) is 10.2 Å². The fourth-order valence-corrected chi connectivity index (χ4v) is 5.19. The van der Waals surface area contributed by atoms with Gasteiger partial charge in [-0.15, -0.1) is 11.3 Å². The zero-order valence-electron chi connectivity index (χ0n) is 14.7. The molecular weight excluding hydrogens is 362 g/mol. The van der Waals surface area contributed by atoms with Gasteiger partial charge < -0.3 is 5.32 Å². The predicted octanol–water partition coefficient (Wildman–Crippen LogP) is 2.89. The van der Waals surface area contributed by atoms with Gasteiger partial charge in [0.05, 0.1) is 24.2 Å². The molecule has 1 aliphatic heterocycles. The largest absolute Gasteiger partial charge is 0.325 e. The van der Waals surface area contributed by atoms with Crippen molar-refractivity contribution in [2.24, 2.45) is 0 Å². The van der Waals surface area contributed by atoms with Crippen molar-refractivity contribution in [3.8, 4) is 0 Å². The molecule has 2 aliphatic rings. The summed E-state index contributed by atoms with van der Waals surface area (Å²) in [5, 5.41) is 3.48. The smallest absolute Gasteiger partial charge is 0.262 e. The van der Waals surface area contributed by atoms with E-state index in [4.69, 9.17) is 0 Å². The van der Waals surface area contributed by atoms with Crippen LogP contribution in [-0.4, -0.2) is 21.2 Å². The van der Waals surface area contributed by atoms with Crippen molar-refractivity contribution in [2.75, 3.05) is 5.32 Å². The van der Waals surface area contributed by atoms with Crippen LogP contribution in [0, 0.1) is 0 Å². The molecule has 1 amide bonds. The Labute approximate surface area is 158 Å². The number of aromatic nitrogens is 2. The van der Waals surface area contributed by atoms with E-state index in [1.165, 1.54) is 15.8 Å². The number of amides is 1. The van der Waals surface area contributed by atoms with E-state index in [2.05, 4.69) is 10.3 Å². The lowest BCUT2D eigenvalue weighted by Gasteiger charge is -2.08. The van der Waals surface area contributed by atoms with Crippen molar-refractivity contribution >= 4 is 38.9 Å². The molecule has 1 N–H and O–H groups in total. The zero-order valence-corrected chi connectivity index (χ0v) is 15.6. The van der Waals surface area contributed by atoms with Crippen molar-refractivity contribution in [3.05, 3.63) is 56.4 Å². The van der Waals surface area contributed by atoms with Crippen LogP contribution < -0.4 is 10.9 Å². The molecule has 3 heterocycles. The number of rotatable bonds is 3. The van der Waals surface area contributed by atoms with Gasteiger partial charge >= 0.3 is 0 Å². The number of nitrogens with zero attached hydrogens (tertiary/aromatic N) is 2. The topological polar surface area (TPSA) is 81.1 Å². The summed E-state index contributed by atoms with van der Waals surface area (Å²) in [6.45, 7) is 1.76. The Balaban J connectivity index is 1.49. The molecule has 136 valence electrons. The van der Waals surface area contributed by atoms with Gasteiger partial charge in [-0.1, -0.05) is 0 Å². The average Bonchev–Trinajstić information content (AvgIpc) is 3.31. The highest BCUT2D eigenvalue weighted by Gasteiger charge is 2.27. The molecule has 1 atom stereocenters. The predicted molar refractivity (Wildman–Crippen MR) is 104 cm³/mol. The maximum absolute atomic E-state index is 12.9. The van der Waals surface area contributed by atoms with Crippen LogP contribution in [0.1, 0.15) is 45.6 Å². The average molecular weight is 379 g/mol. The van der Waals surface area contributed by atoms with E-state index in [1.807, 2.05) is 6.92 Å². The Kier molecular flexibility index (Phi) is 3.55. The third-order valence-corrected chi connectivity index (χ3v) is 6.70. The lowest BCUT2D eigenvalue weighted by Crippen LogP contribution is -2.24. The lowest BCUT2D eigenvalue weighted by molar-refractivity contribution is -0.116. The molecule has 1 aromatic carbocycles. The molecule has 0 spiro atoms. The summed E-state index contributed by atoms with van der Waals surface area (Å²) in [6.07, 6.45) is 4.46. The minimum Gasteiger partial charge on any atom is -0.325 e. The molecule has 0 fully saturated rings. The Morgan fingerprint density at radius 3 is 3.04 bits per heavy atom. The Morgan fingerprint density at radius 1 is 1.33 bits per heavy atom. The minimum atomic E-state index is -0.276. The van der Waals surface area contributed by atoms with E-state index in [0.717, 1.165) is 40.9 Å². The van der Waals surface area contributed by atoms with Crippen molar-refractivity contribution in [3.63, 3.8) is 0 Å². The summed E-state index contributed by atoms with van der Waals surface area (Å²) in [7, 11) is 0. The van der Waals surface area contributed by atoms with E-state index < -0.39 is 0 Å². The van der Waals surface area contributed by atoms with Crippen LogP contribution in [-0.2, 0) is 24.2 Å². The molecule has 27 heavy (non-hydrogen) atoms. The van der Waals surface area contributed by atoms with Gasteiger partial charge in [-0.3, -0.25) is 19.0 Å². The number of Topliss-reactive ketones (excluding diaryl/α,β-unsaturated/α-hetero) is 1. The maximum Gasteiger partial charge on any atom is 0.262 e. The number of nitrogens with one attached hydrogen (secondary N) is 1. The van der Waals surface area contributed by atoms with E-state index in [0.29, 0.717) is 10.9 Å². The molecule has 0 bridgehead atoms. The number of ketones is 1. The van der Waals surface area contributed by atoms with Gasteiger partial charge in [0.25, 0.3) is 5.56 Å². The second-order valence-electron chi connectivity index (χ2n) is 7.15. The first kappa shape index (κ1) is 16.4. The Hall–Kier alpha value is -2.80. The number of thiophene rings is 1. The number of anilines is 1. The normalized spacial score (nSPS) is 17.8. The van der Waals surface area contributed by atoms with Crippen LogP contribution in [0.15, 0.2) is 29.3 Å². The minimum absolute atomic E-state index is 0.0546. The SMILES string of the molecule is C[C@@H]1C(=O)Nc2ccc(C(=O)Cn3cnc4sc5c(c4c3=O)CCC5)cc21. The molecular formula is C20H17N3O3S. The lowest BCUT2D eigenvalue weighted by atomic mass is 9.99. The van der Waals surface area contributed by atoms with Crippen molar-refractivity contribution in [2.45, 2.75) is 38.6 Å². The number of aryl methyl sites for hydroxylation is 2. The van der Waals surface area contributed by atoms with E-state index in [9.17, 15) is 14.4 Å². The van der Waals surface area contributed by atoms with Crippen LogP contribution in [0.2, 0.25) is 0 Å². The van der Waals surface area contributed by atoms with Crippen LogP contribution >= 0.6 is 11.3 Å². The number of carbonyl (C=O) groups excluding carboxylic acids is 2. The van der Waals surface area contributed by atoms with Gasteiger partial charge in [0.15, 0.2) is 5.78 Å². The zero-order chi connectivity index (χ0) is 18.7. The van der Waals surface area contributed by atoms with Gasteiger partial charge in [0.2, 0.25) is 5.91 Å². The van der Waals surface area contributed by atoms with Crippen LogP contribution in [0.3, 0.4) is 0 Å². The first-order valence-electron chi connectivity index (χ1n) is 9.00. The maximum atomic E-state index is 12.9. The standard InChI is InChI=1S/C20H17N3O3S/c1-10-13-7-11(5-6-14(13)22-18(10)25)15(24)8-23-9-21-19-17(20(23)26)12-3-2-4-16(12)27-19/h5-7,9-10H,2-4,8H2,1H3,(H,22,25)/t10-/m0/s1. The van der Waals surface area contributed by atoms with Gasteiger partial charge in [0, 0.05) is 16.1 Å². The quantitative estimate of drug-likeness (QED) is 0.710. The molecule has 1 aliphatic carbocycles. The molecule has 3 aromatic rings. The van der Waals surface area contributed by atoms with Gasteiger partial charge in [-0.05, 0) is 55.5 Å². The highest BCUT2D eigenvalue weighted by Crippen LogP contribution is 2.35. The second kappa shape index (κ2) is 5.85.